The van der Waals surface area contributed by atoms with E-state index in [1.54, 1.807) is 0 Å². The number of nitrogens with one attached hydrogen (secondary N) is 1. The summed E-state index contributed by atoms with van der Waals surface area (Å²) < 4.78 is 0. The Kier molecular flexibility index (Phi) is 4.97. The number of benzene rings is 1. The molecule has 20 heavy (non-hydrogen) atoms. The Morgan fingerprint density at radius 2 is 1.75 bits per heavy atom. The number of nitrogens with two attached hydrogens (primary N) is 1. The van der Waals surface area contributed by atoms with Gasteiger partial charge in [-0.25, -0.2) is 0 Å². The minimum absolute atomic E-state index is 0.00756. The number of hydrogen-bond donors (Lipinski definition) is 2. The van der Waals surface area contributed by atoms with Crippen molar-refractivity contribution in [2.45, 2.75) is 45.1 Å². The molecule has 1 heterocycles. The van der Waals surface area contributed by atoms with E-state index >= 15 is 0 Å². The van der Waals surface area contributed by atoms with E-state index in [-0.39, 0.29) is 11.5 Å². The van der Waals surface area contributed by atoms with E-state index < -0.39 is 0 Å². The molecule has 1 atom stereocenters. The van der Waals surface area contributed by atoms with Crippen LogP contribution in [0.2, 0.25) is 0 Å². The van der Waals surface area contributed by atoms with Gasteiger partial charge in [-0.3, -0.25) is 11.3 Å². The Balaban J connectivity index is 2.18. The van der Waals surface area contributed by atoms with Crippen molar-refractivity contribution in [3.8, 4) is 0 Å². The van der Waals surface area contributed by atoms with Crippen LogP contribution < -0.4 is 11.3 Å². The molecule has 0 spiro atoms. The number of thiophene rings is 1. The highest BCUT2D eigenvalue weighted by Gasteiger charge is 2.30. The van der Waals surface area contributed by atoms with E-state index in [4.69, 9.17) is 5.84 Å². The molecule has 1 aromatic heterocycles. The summed E-state index contributed by atoms with van der Waals surface area (Å²) in [5.41, 5.74) is 4.33. The van der Waals surface area contributed by atoms with Crippen LogP contribution in [0.1, 0.15) is 36.1 Å². The van der Waals surface area contributed by atoms with Gasteiger partial charge >= 0.3 is 0 Å². The summed E-state index contributed by atoms with van der Waals surface area (Å²) in [6, 6.07) is 15.3. The lowest BCUT2D eigenvalue weighted by Gasteiger charge is -2.34. The van der Waals surface area contributed by atoms with Crippen LogP contribution in [-0.4, -0.2) is 6.04 Å². The van der Waals surface area contributed by atoms with Gasteiger partial charge in [0.15, 0.2) is 0 Å². The zero-order chi connectivity index (χ0) is 14.6. The van der Waals surface area contributed by atoms with Gasteiger partial charge in [-0.1, -0.05) is 51.1 Å². The molecule has 0 fully saturated rings. The highest BCUT2D eigenvalue weighted by Crippen LogP contribution is 2.30. The van der Waals surface area contributed by atoms with Crippen LogP contribution in [0.3, 0.4) is 0 Å². The second kappa shape index (κ2) is 6.53. The van der Waals surface area contributed by atoms with E-state index in [2.05, 4.69) is 68.7 Å². The molecule has 0 saturated carbocycles. The molecule has 2 nitrogen and oxygen atoms in total. The first-order chi connectivity index (χ1) is 9.57. The topological polar surface area (TPSA) is 38.0 Å². The maximum atomic E-state index is 5.84. The molecule has 1 aromatic carbocycles. The second-order valence-electron chi connectivity index (χ2n) is 5.73. The van der Waals surface area contributed by atoms with Crippen LogP contribution in [0, 0.1) is 0 Å². The molecule has 0 saturated heterocycles. The van der Waals surface area contributed by atoms with Gasteiger partial charge in [0.1, 0.15) is 0 Å². The first-order valence-corrected chi connectivity index (χ1v) is 7.98. The average Bonchev–Trinajstić information content (AvgIpc) is 2.93. The fourth-order valence-electron chi connectivity index (χ4n) is 2.51. The van der Waals surface area contributed by atoms with Gasteiger partial charge in [-0.05, 0) is 30.5 Å². The molecule has 0 aliphatic heterocycles. The monoisotopic (exact) mass is 288 g/mol. The number of hydrazine groups is 1. The standard InChI is InChI=1S/C17H24N2S/c1-4-14-10-11-15(20-14)12-16(19-18)17(2,3)13-8-6-5-7-9-13/h5-11,16,19H,4,12,18H2,1-3H3. The van der Waals surface area contributed by atoms with Gasteiger partial charge in [0.25, 0.3) is 0 Å². The summed E-state index contributed by atoms with van der Waals surface area (Å²) >= 11 is 1.89. The number of rotatable bonds is 6. The zero-order valence-electron chi connectivity index (χ0n) is 12.5. The van der Waals surface area contributed by atoms with E-state index in [0.717, 1.165) is 12.8 Å². The minimum Gasteiger partial charge on any atom is -0.271 e. The number of hydrogen-bond acceptors (Lipinski definition) is 3. The minimum atomic E-state index is -0.00756. The summed E-state index contributed by atoms with van der Waals surface area (Å²) in [7, 11) is 0. The highest BCUT2D eigenvalue weighted by atomic mass is 32.1. The third-order valence-electron chi connectivity index (χ3n) is 4.06. The molecule has 2 rings (SSSR count). The molecule has 108 valence electrons. The van der Waals surface area contributed by atoms with Crippen molar-refractivity contribution in [1.29, 1.82) is 0 Å². The Bertz CT molecular complexity index is 531. The smallest absolute Gasteiger partial charge is 0.0350 e. The summed E-state index contributed by atoms with van der Waals surface area (Å²) in [6.07, 6.45) is 2.07. The van der Waals surface area contributed by atoms with Crippen molar-refractivity contribution >= 4 is 11.3 Å². The predicted octanol–water partition coefficient (Wildman–Crippen LogP) is 3.66. The van der Waals surface area contributed by atoms with Crippen molar-refractivity contribution < 1.29 is 0 Å². The summed E-state index contributed by atoms with van der Waals surface area (Å²) in [5.74, 6) is 5.84. The fraction of sp³-hybridized carbons (Fsp3) is 0.412. The van der Waals surface area contributed by atoms with Gasteiger partial charge in [0, 0.05) is 21.2 Å². The molecule has 0 aliphatic rings. The fourth-order valence-corrected chi connectivity index (χ4v) is 3.52. The molecule has 1 unspecified atom stereocenters. The SMILES string of the molecule is CCc1ccc(CC(NN)C(C)(C)c2ccccc2)s1. The maximum Gasteiger partial charge on any atom is 0.0350 e. The molecule has 3 heteroatoms. The van der Waals surface area contributed by atoms with E-state index in [9.17, 15) is 0 Å². The average molecular weight is 288 g/mol. The molecule has 0 aliphatic carbocycles. The van der Waals surface area contributed by atoms with Crippen molar-refractivity contribution in [3.63, 3.8) is 0 Å². The molecule has 0 radical (unpaired) electrons. The van der Waals surface area contributed by atoms with E-state index in [0.29, 0.717) is 0 Å². The summed E-state index contributed by atoms with van der Waals surface area (Å²) in [6.45, 7) is 6.70. The van der Waals surface area contributed by atoms with Crippen molar-refractivity contribution in [1.82, 2.24) is 5.43 Å². The van der Waals surface area contributed by atoms with Gasteiger partial charge in [-0.15, -0.1) is 11.3 Å². The second-order valence-corrected chi connectivity index (χ2v) is 6.99. The van der Waals surface area contributed by atoms with Crippen molar-refractivity contribution in [2.24, 2.45) is 5.84 Å². The highest BCUT2D eigenvalue weighted by molar-refractivity contribution is 7.11. The molecule has 3 N–H and O–H groups in total. The van der Waals surface area contributed by atoms with Crippen molar-refractivity contribution in [3.05, 3.63) is 57.8 Å². The zero-order valence-corrected chi connectivity index (χ0v) is 13.3. The maximum absolute atomic E-state index is 5.84. The van der Waals surface area contributed by atoms with Crippen LogP contribution in [0.25, 0.3) is 0 Å². The Morgan fingerprint density at radius 3 is 2.30 bits per heavy atom. The third-order valence-corrected chi connectivity index (χ3v) is 5.31. The van der Waals surface area contributed by atoms with Crippen LogP contribution >= 0.6 is 11.3 Å². The van der Waals surface area contributed by atoms with E-state index in [1.165, 1.54) is 15.3 Å². The number of aryl methyl sites for hydroxylation is 1. The van der Waals surface area contributed by atoms with E-state index in [1.807, 2.05) is 11.3 Å². The van der Waals surface area contributed by atoms with Crippen LogP contribution in [-0.2, 0) is 18.3 Å². The largest absolute Gasteiger partial charge is 0.271 e. The van der Waals surface area contributed by atoms with Gasteiger partial charge < -0.3 is 0 Å². The Morgan fingerprint density at radius 1 is 1.10 bits per heavy atom. The lowest BCUT2D eigenvalue weighted by molar-refractivity contribution is 0.343. The molecule has 2 aromatic rings. The summed E-state index contributed by atoms with van der Waals surface area (Å²) in [5, 5.41) is 0. The van der Waals surface area contributed by atoms with Crippen LogP contribution in [0.15, 0.2) is 42.5 Å². The molecular formula is C17H24N2S. The molecule has 0 bridgehead atoms. The van der Waals surface area contributed by atoms with Gasteiger partial charge in [-0.2, -0.15) is 0 Å². The van der Waals surface area contributed by atoms with Gasteiger partial charge in [0.05, 0.1) is 0 Å². The lowest BCUT2D eigenvalue weighted by atomic mass is 9.76. The Labute approximate surface area is 126 Å². The lowest BCUT2D eigenvalue weighted by Crippen LogP contribution is -2.49. The van der Waals surface area contributed by atoms with Gasteiger partial charge in [0.2, 0.25) is 0 Å². The predicted molar refractivity (Wildman–Crippen MR) is 88.0 cm³/mol. The van der Waals surface area contributed by atoms with Crippen molar-refractivity contribution in [2.75, 3.05) is 0 Å². The summed E-state index contributed by atoms with van der Waals surface area (Å²) in [4.78, 5) is 2.84. The molecule has 0 amide bonds. The molecular weight excluding hydrogens is 264 g/mol. The first-order valence-electron chi connectivity index (χ1n) is 7.17. The third kappa shape index (κ3) is 3.29. The first kappa shape index (κ1) is 15.2. The Hall–Kier alpha value is -1.16. The normalized spacial score (nSPS) is 13.4. The van der Waals surface area contributed by atoms with Crippen LogP contribution in [0.5, 0.6) is 0 Å². The quantitative estimate of drug-likeness (QED) is 0.629. The van der Waals surface area contributed by atoms with Crippen LogP contribution in [0.4, 0.5) is 0 Å².